The second-order valence-electron chi connectivity index (χ2n) is 4.60. The number of pyridine rings is 1. The van der Waals surface area contributed by atoms with Gasteiger partial charge in [-0.15, -0.1) is 0 Å². The zero-order valence-corrected chi connectivity index (χ0v) is 11.1. The Balaban J connectivity index is 2.44. The second-order valence-corrected chi connectivity index (χ2v) is 4.60. The molecule has 0 saturated heterocycles. The minimum absolute atomic E-state index is 0.498. The first-order chi connectivity index (χ1) is 8.61. The first kappa shape index (κ1) is 12.6. The van der Waals surface area contributed by atoms with Crippen LogP contribution in [0.1, 0.15) is 16.7 Å². The number of hydrogen-bond acceptors (Lipinski definition) is 3. The Morgan fingerprint density at radius 1 is 1.17 bits per heavy atom. The lowest BCUT2D eigenvalue weighted by molar-refractivity contribution is 1.01. The average Bonchev–Trinajstić information content (AvgIpc) is 2.36. The first-order valence-corrected chi connectivity index (χ1v) is 6.08. The summed E-state index contributed by atoms with van der Waals surface area (Å²) >= 11 is 0. The number of rotatable bonds is 3. The standard InChI is InChI=1S/C15H19N3/c1-11-7-12(2)9-14(8-11)18(3)15-13(10-16)5-4-6-17-15/h4-9H,10,16H2,1-3H3. The molecule has 0 radical (unpaired) electrons. The zero-order chi connectivity index (χ0) is 13.1. The Morgan fingerprint density at radius 3 is 2.44 bits per heavy atom. The number of hydrogen-bond donors (Lipinski definition) is 1. The van der Waals surface area contributed by atoms with Crippen molar-refractivity contribution in [3.8, 4) is 0 Å². The number of anilines is 2. The number of nitrogens with zero attached hydrogens (tertiary/aromatic N) is 2. The molecular formula is C15H19N3. The van der Waals surface area contributed by atoms with Crippen LogP contribution in [0.5, 0.6) is 0 Å². The molecule has 0 bridgehead atoms. The molecule has 18 heavy (non-hydrogen) atoms. The van der Waals surface area contributed by atoms with Gasteiger partial charge in [-0.3, -0.25) is 0 Å². The molecule has 2 aromatic rings. The van der Waals surface area contributed by atoms with Crippen molar-refractivity contribution in [1.29, 1.82) is 0 Å². The van der Waals surface area contributed by atoms with Crippen LogP contribution < -0.4 is 10.6 Å². The number of benzene rings is 1. The third-order valence-electron chi connectivity index (χ3n) is 3.00. The van der Waals surface area contributed by atoms with E-state index in [9.17, 15) is 0 Å². The lowest BCUT2D eigenvalue weighted by Crippen LogP contribution is -2.15. The minimum atomic E-state index is 0.498. The highest BCUT2D eigenvalue weighted by atomic mass is 15.2. The summed E-state index contributed by atoms with van der Waals surface area (Å²) in [6.07, 6.45) is 1.80. The van der Waals surface area contributed by atoms with Gasteiger partial charge >= 0.3 is 0 Å². The van der Waals surface area contributed by atoms with E-state index in [1.807, 2.05) is 19.2 Å². The molecule has 2 rings (SSSR count). The van der Waals surface area contributed by atoms with Crippen LogP contribution in [0.3, 0.4) is 0 Å². The largest absolute Gasteiger partial charge is 0.329 e. The predicted octanol–water partition coefficient (Wildman–Crippen LogP) is 2.93. The van der Waals surface area contributed by atoms with Gasteiger partial charge in [0.1, 0.15) is 5.82 Å². The molecule has 0 fully saturated rings. The van der Waals surface area contributed by atoms with Crippen molar-refractivity contribution in [2.75, 3.05) is 11.9 Å². The molecule has 0 atom stereocenters. The average molecular weight is 241 g/mol. The summed E-state index contributed by atoms with van der Waals surface area (Å²) in [7, 11) is 2.02. The van der Waals surface area contributed by atoms with Gasteiger partial charge in [0.05, 0.1) is 0 Å². The maximum Gasteiger partial charge on any atom is 0.137 e. The van der Waals surface area contributed by atoms with Gasteiger partial charge in [0.2, 0.25) is 0 Å². The maximum absolute atomic E-state index is 5.76. The lowest BCUT2D eigenvalue weighted by atomic mass is 10.1. The summed E-state index contributed by atoms with van der Waals surface area (Å²) in [4.78, 5) is 6.52. The van der Waals surface area contributed by atoms with E-state index in [4.69, 9.17) is 5.73 Å². The molecule has 1 heterocycles. The van der Waals surface area contributed by atoms with Crippen LogP contribution in [0.15, 0.2) is 36.5 Å². The zero-order valence-electron chi connectivity index (χ0n) is 11.1. The molecule has 3 heteroatoms. The minimum Gasteiger partial charge on any atom is -0.329 e. The maximum atomic E-state index is 5.76. The Hall–Kier alpha value is -1.87. The highest BCUT2D eigenvalue weighted by molar-refractivity contribution is 5.63. The lowest BCUT2D eigenvalue weighted by Gasteiger charge is -2.21. The molecule has 1 aromatic carbocycles. The van der Waals surface area contributed by atoms with Gasteiger partial charge in [-0.25, -0.2) is 4.98 Å². The third-order valence-corrected chi connectivity index (χ3v) is 3.00. The quantitative estimate of drug-likeness (QED) is 0.898. The predicted molar refractivity (Wildman–Crippen MR) is 76.1 cm³/mol. The van der Waals surface area contributed by atoms with Crippen LogP contribution in [0, 0.1) is 13.8 Å². The van der Waals surface area contributed by atoms with E-state index in [-0.39, 0.29) is 0 Å². The van der Waals surface area contributed by atoms with Crippen LogP contribution in [0.25, 0.3) is 0 Å². The molecule has 0 saturated carbocycles. The normalized spacial score (nSPS) is 10.4. The van der Waals surface area contributed by atoms with Gasteiger partial charge in [0.25, 0.3) is 0 Å². The van der Waals surface area contributed by atoms with Crippen LogP contribution in [-0.4, -0.2) is 12.0 Å². The fourth-order valence-electron chi connectivity index (χ4n) is 2.16. The molecule has 1 aromatic heterocycles. The number of aryl methyl sites for hydroxylation is 2. The van der Waals surface area contributed by atoms with E-state index >= 15 is 0 Å². The smallest absolute Gasteiger partial charge is 0.137 e. The highest BCUT2D eigenvalue weighted by Crippen LogP contribution is 2.26. The Labute approximate surface area is 108 Å². The van der Waals surface area contributed by atoms with Crippen molar-refractivity contribution >= 4 is 11.5 Å². The van der Waals surface area contributed by atoms with E-state index < -0.39 is 0 Å². The molecule has 3 nitrogen and oxygen atoms in total. The Morgan fingerprint density at radius 2 is 1.83 bits per heavy atom. The number of nitrogens with two attached hydrogens (primary N) is 1. The summed E-state index contributed by atoms with van der Waals surface area (Å²) in [5, 5.41) is 0. The monoisotopic (exact) mass is 241 g/mol. The Bertz CT molecular complexity index is 529. The first-order valence-electron chi connectivity index (χ1n) is 6.08. The van der Waals surface area contributed by atoms with Crippen LogP contribution in [0.4, 0.5) is 11.5 Å². The van der Waals surface area contributed by atoms with Gasteiger partial charge in [-0.1, -0.05) is 12.1 Å². The van der Waals surface area contributed by atoms with Crippen LogP contribution in [0.2, 0.25) is 0 Å². The van der Waals surface area contributed by atoms with Crippen LogP contribution >= 0.6 is 0 Å². The van der Waals surface area contributed by atoms with Gasteiger partial charge in [0, 0.05) is 31.0 Å². The molecule has 0 aliphatic carbocycles. The van der Waals surface area contributed by atoms with E-state index in [1.165, 1.54) is 11.1 Å². The molecule has 94 valence electrons. The van der Waals surface area contributed by atoms with Crippen molar-refractivity contribution in [2.45, 2.75) is 20.4 Å². The highest BCUT2D eigenvalue weighted by Gasteiger charge is 2.10. The summed E-state index contributed by atoms with van der Waals surface area (Å²) in [6, 6.07) is 10.4. The molecular weight excluding hydrogens is 222 g/mol. The van der Waals surface area contributed by atoms with Crippen molar-refractivity contribution in [3.63, 3.8) is 0 Å². The summed E-state index contributed by atoms with van der Waals surface area (Å²) in [6.45, 7) is 4.71. The van der Waals surface area contributed by atoms with Gasteiger partial charge < -0.3 is 10.6 Å². The fourth-order valence-corrected chi connectivity index (χ4v) is 2.16. The van der Waals surface area contributed by atoms with Crippen molar-refractivity contribution in [1.82, 2.24) is 4.98 Å². The molecule has 0 spiro atoms. The van der Waals surface area contributed by atoms with Gasteiger partial charge in [-0.2, -0.15) is 0 Å². The van der Waals surface area contributed by atoms with E-state index in [0.29, 0.717) is 6.54 Å². The van der Waals surface area contributed by atoms with Crippen LogP contribution in [-0.2, 0) is 6.54 Å². The molecule has 0 aliphatic heterocycles. The molecule has 0 amide bonds. The molecule has 0 aliphatic rings. The fraction of sp³-hybridized carbons (Fsp3) is 0.267. The summed E-state index contributed by atoms with van der Waals surface area (Å²) < 4.78 is 0. The Kier molecular flexibility index (Phi) is 3.63. The molecule has 2 N–H and O–H groups in total. The van der Waals surface area contributed by atoms with Gasteiger partial charge in [0.15, 0.2) is 0 Å². The van der Waals surface area contributed by atoms with E-state index in [0.717, 1.165) is 17.1 Å². The molecule has 0 unspecified atom stereocenters. The topological polar surface area (TPSA) is 42.2 Å². The number of aromatic nitrogens is 1. The summed E-state index contributed by atoms with van der Waals surface area (Å²) in [5.74, 6) is 0.921. The van der Waals surface area contributed by atoms with E-state index in [1.54, 1.807) is 6.20 Å². The van der Waals surface area contributed by atoms with Crippen molar-refractivity contribution in [2.24, 2.45) is 5.73 Å². The van der Waals surface area contributed by atoms with Gasteiger partial charge in [-0.05, 0) is 43.2 Å². The third kappa shape index (κ3) is 2.51. The van der Waals surface area contributed by atoms with Crippen molar-refractivity contribution < 1.29 is 0 Å². The SMILES string of the molecule is Cc1cc(C)cc(N(C)c2ncccc2CN)c1. The summed E-state index contributed by atoms with van der Waals surface area (Å²) in [5.41, 5.74) is 10.5. The van der Waals surface area contributed by atoms with Crippen molar-refractivity contribution in [3.05, 3.63) is 53.2 Å². The second kappa shape index (κ2) is 5.19. The van der Waals surface area contributed by atoms with E-state index in [2.05, 4.69) is 41.9 Å².